The maximum absolute atomic E-state index is 12.8. The highest BCUT2D eigenvalue weighted by atomic mass is 19.1. The second kappa shape index (κ2) is 3.36. The van der Waals surface area contributed by atoms with Gasteiger partial charge >= 0.3 is 5.97 Å². The Labute approximate surface area is 79.5 Å². The van der Waals surface area contributed by atoms with Gasteiger partial charge in [0.15, 0.2) is 0 Å². The predicted molar refractivity (Wildman–Crippen MR) is 44.7 cm³/mol. The molecule has 1 aliphatic rings. The number of esters is 1. The molecule has 1 saturated heterocycles. The van der Waals surface area contributed by atoms with Crippen LogP contribution in [0.1, 0.15) is 17.9 Å². The van der Waals surface area contributed by atoms with Crippen molar-refractivity contribution in [3.05, 3.63) is 35.4 Å². The fraction of sp³-hybridized carbons (Fsp3) is 0.300. The summed E-state index contributed by atoms with van der Waals surface area (Å²) >= 11 is 0. The summed E-state index contributed by atoms with van der Waals surface area (Å²) in [4.78, 5) is 11.1. The van der Waals surface area contributed by atoms with Gasteiger partial charge in [0.1, 0.15) is 11.6 Å². The number of hydrogen-bond donors (Lipinski definition) is 0. The number of carbonyl (C=O) groups excluding carboxylic acids is 1. The molecule has 2 rings (SSSR count). The van der Waals surface area contributed by atoms with Crippen LogP contribution in [0.25, 0.3) is 0 Å². The van der Waals surface area contributed by atoms with Gasteiger partial charge in [0.05, 0.1) is 12.5 Å². The summed E-state index contributed by atoms with van der Waals surface area (Å²) in [6, 6.07) is 3.12. The summed E-state index contributed by atoms with van der Waals surface area (Å²) in [5, 5.41) is 0. The first kappa shape index (κ1) is 9.12. The quantitative estimate of drug-likeness (QED) is 0.645. The van der Waals surface area contributed by atoms with E-state index in [1.807, 2.05) is 0 Å². The van der Waals surface area contributed by atoms with Crippen molar-refractivity contribution in [1.29, 1.82) is 0 Å². The van der Waals surface area contributed by atoms with E-state index >= 15 is 0 Å². The van der Waals surface area contributed by atoms with Crippen molar-refractivity contribution in [1.82, 2.24) is 0 Å². The molecule has 4 heteroatoms. The van der Waals surface area contributed by atoms with E-state index in [9.17, 15) is 13.6 Å². The van der Waals surface area contributed by atoms with Crippen molar-refractivity contribution in [3.63, 3.8) is 0 Å². The van der Waals surface area contributed by atoms with Gasteiger partial charge in [-0.15, -0.1) is 0 Å². The Hall–Kier alpha value is -1.45. The minimum Gasteiger partial charge on any atom is -0.465 e. The number of halogens is 2. The predicted octanol–water partition coefficient (Wildman–Crippen LogP) is 2.00. The molecule has 1 heterocycles. The number of benzene rings is 1. The van der Waals surface area contributed by atoms with Crippen molar-refractivity contribution in [2.24, 2.45) is 0 Å². The molecule has 2 nitrogen and oxygen atoms in total. The molecule has 1 aliphatic heterocycles. The Morgan fingerprint density at radius 1 is 1.21 bits per heavy atom. The van der Waals surface area contributed by atoms with E-state index in [-0.39, 0.29) is 0 Å². The zero-order chi connectivity index (χ0) is 10.1. The Balaban J connectivity index is 2.35. The molecule has 0 radical (unpaired) electrons. The number of hydrogen-bond acceptors (Lipinski definition) is 2. The molecule has 0 saturated carbocycles. The van der Waals surface area contributed by atoms with E-state index in [0.717, 1.165) is 6.07 Å². The van der Waals surface area contributed by atoms with Crippen molar-refractivity contribution in [2.75, 3.05) is 6.61 Å². The third-order valence-electron chi connectivity index (χ3n) is 2.22. The van der Waals surface area contributed by atoms with Crippen LogP contribution in [0.4, 0.5) is 8.78 Å². The Kier molecular flexibility index (Phi) is 2.19. The lowest BCUT2D eigenvalue weighted by atomic mass is 9.98. The fourth-order valence-electron chi connectivity index (χ4n) is 1.57. The van der Waals surface area contributed by atoms with Crippen molar-refractivity contribution in [3.8, 4) is 0 Å². The molecule has 0 bridgehead atoms. The highest BCUT2D eigenvalue weighted by molar-refractivity contribution is 5.79. The van der Waals surface area contributed by atoms with Crippen LogP contribution in [0.3, 0.4) is 0 Å². The van der Waals surface area contributed by atoms with Crippen LogP contribution < -0.4 is 0 Å². The lowest BCUT2D eigenvalue weighted by Gasteiger charge is -2.05. The first-order valence-electron chi connectivity index (χ1n) is 4.29. The molecule has 1 aromatic rings. The van der Waals surface area contributed by atoms with Gasteiger partial charge in [-0.25, -0.2) is 8.78 Å². The molecule has 0 spiro atoms. The van der Waals surface area contributed by atoms with E-state index in [1.54, 1.807) is 0 Å². The minimum absolute atomic E-state index is 0.321. The van der Waals surface area contributed by atoms with Gasteiger partial charge < -0.3 is 4.74 Å². The third kappa shape index (κ3) is 1.60. The first-order valence-corrected chi connectivity index (χ1v) is 4.29. The van der Waals surface area contributed by atoms with E-state index < -0.39 is 23.5 Å². The van der Waals surface area contributed by atoms with Crippen LogP contribution in [-0.4, -0.2) is 12.6 Å². The maximum Gasteiger partial charge on any atom is 0.313 e. The number of rotatable bonds is 1. The monoisotopic (exact) mass is 198 g/mol. The second-order valence-corrected chi connectivity index (χ2v) is 3.21. The molecule has 0 aromatic heterocycles. The highest BCUT2D eigenvalue weighted by Gasteiger charge is 2.28. The van der Waals surface area contributed by atoms with Gasteiger partial charge in [-0.1, -0.05) is 0 Å². The number of cyclic esters (lactones) is 1. The third-order valence-corrected chi connectivity index (χ3v) is 2.22. The molecular formula is C10H8F2O2. The van der Waals surface area contributed by atoms with Crippen LogP contribution in [0.5, 0.6) is 0 Å². The average Bonchev–Trinajstić information content (AvgIpc) is 2.49. The zero-order valence-corrected chi connectivity index (χ0v) is 7.30. The first-order chi connectivity index (χ1) is 6.66. The average molecular weight is 198 g/mol. The summed E-state index contributed by atoms with van der Waals surface area (Å²) in [7, 11) is 0. The van der Waals surface area contributed by atoms with Crippen LogP contribution in [0, 0.1) is 11.6 Å². The topological polar surface area (TPSA) is 26.3 Å². The van der Waals surface area contributed by atoms with Gasteiger partial charge in [0.2, 0.25) is 0 Å². The van der Waals surface area contributed by atoms with Gasteiger partial charge in [-0.05, 0) is 24.1 Å². The molecule has 1 aromatic carbocycles. The molecule has 0 amide bonds. The molecule has 1 atom stereocenters. The summed E-state index contributed by atoms with van der Waals surface area (Å²) in [6.07, 6.45) is 0.488. The van der Waals surface area contributed by atoms with Crippen LogP contribution in [0.2, 0.25) is 0 Å². The summed E-state index contributed by atoms with van der Waals surface area (Å²) in [6.45, 7) is 0.321. The van der Waals surface area contributed by atoms with Crippen molar-refractivity contribution in [2.45, 2.75) is 12.3 Å². The molecule has 0 aliphatic carbocycles. The van der Waals surface area contributed by atoms with Crippen LogP contribution in [-0.2, 0) is 9.53 Å². The summed E-state index contributed by atoms with van der Waals surface area (Å²) in [5.74, 6) is -2.25. The minimum atomic E-state index is -0.667. The van der Waals surface area contributed by atoms with E-state index in [4.69, 9.17) is 4.74 Å². The zero-order valence-electron chi connectivity index (χ0n) is 7.30. The molecular weight excluding hydrogens is 190 g/mol. The molecule has 74 valence electrons. The Morgan fingerprint density at radius 3 is 2.36 bits per heavy atom. The van der Waals surface area contributed by atoms with E-state index in [1.165, 1.54) is 12.1 Å². The van der Waals surface area contributed by atoms with E-state index in [2.05, 4.69) is 0 Å². The van der Waals surface area contributed by atoms with Gasteiger partial charge in [-0.2, -0.15) is 0 Å². The van der Waals surface area contributed by atoms with Gasteiger partial charge in [0, 0.05) is 6.07 Å². The lowest BCUT2D eigenvalue weighted by Crippen LogP contribution is -2.06. The second-order valence-electron chi connectivity index (χ2n) is 3.21. The Morgan fingerprint density at radius 2 is 1.86 bits per heavy atom. The highest BCUT2D eigenvalue weighted by Crippen LogP contribution is 2.27. The fourth-order valence-corrected chi connectivity index (χ4v) is 1.57. The smallest absolute Gasteiger partial charge is 0.313 e. The standard InChI is InChI=1S/C10H8F2O2/c11-7-3-6(4-8(12)5-7)9-1-2-14-10(9)13/h3-5,9H,1-2H2. The normalized spacial score (nSPS) is 21.0. The number of ether oxygens (including phenoxy) is 1. The molecule has 0 N–H and O–H groups in total. The van der Waals surface area contributed by atoms with Crippen LogP contribution >= 0.6 is 0 Å². The number of carbonyl (C=O) groups is 1. The van der Waals surface area contributed by atoms with Crippen molar-refractivity contribution < 1.29 is 18.3 Å². The molecule has 1 fully saturated rings. The van der Waals surface area contributed by atoms with Crippen molar-refractivity contribution >= 4 is 5.97 Å². The Bertz CT molecular complexity index is 356. The lowest BCUT2D eigenvalue weighted by molar-refractivity contribution is -0.139. The largest absolute Gasteiger partial charge is 0.465 e. The molecule has 1 unspecified atom stereocenters. The van der Waals surface area contributed by atoms with Crippen LogP contribution in [0.15, 0.2) is 18.2 Å². The SMILES string of the molecule is O=C1OCCC1c1cc(F)cc(F)c1. The van der Waals surface area contributed by atoms with E-state index in [0.29, 0.717) is 18.6 Å². The van der Waals surface area contributed by atoms with Gasteiger partial charge in [0.25, 0.3) is 0 Å². The summed E-state index contributed by atoms with van der Waals surface area (Å²) in [5.41, 5.74) is 0.352. The molecule has 14 heavy (non-hydrogen) atoms. The summed E-state index contributed by atoms with van der Waals surface area (Å²) < 4.78 is 30.3. The maximum atomic E-state index is 12.8. The van der Waals surface area contributed by atoms with Gasteiger partial charge in [-0.3, -0.25) is 4.79 Å².